The molecular formula is C41H75MgN4OSi2+. The quantitative estimate of drug-likeness (QED) is 0.151. The number of hydrogen-bond acceptors (Lipinski definition) is 1. The second-order valence-electron chi connectivity index (χ2n) is 17.1. The minimum absolute atomic E-state index is 0. The van der Waals surface area contributed by atoms with Crippen molar-refractivity contribution in [3.8, 4) is 0 Å². The Morgan fingerprint density at radius 2 is 0.959 bits per heavy atom. The largest absolute Gasteiger partial charge is 2.00 e. The molecule has 5 nitrogen and oxygen atoms in total. The number of ether oxygens (including phenoxy) is 1. The van der Waals surface area contributed by atoms with Crippen molar-refractivity contribution in [2.45, 2.75) is 171 Å². The minimum Gasteiger partial charge on any atom is -0.668 e. The van der Waals surface area contributed by atoms with Gasteiger partial charge in [0.05, 0.1) is 5.69 Å². The van der Waals surface area contributed by atoms with Gasteiger partial charge in [-0.3, -0.25) is 0 Å². The molecule has 49 heavy (non-hydrogen) atoms. The van der Waals surface area contributed by atoms with Crippen molar-refractivity contribution in [2.24, 2.45) is 0 Å². The molecule has 1 saturated heterocycles. The summed E-state index contributed by atoms with van der Waals surface area (Å²) in [6, 6.07) is 14.0. The number of rotatable bonds is 10. The van der Waals surface area contributed by atoms with Crippen LogP contribution in [0.15, 0.2) is 36.4 Å². The maximum absolute atomic E-state index is 5.47. The fourth-order valence-electron chi connectivity index (χ4n) is 6.31. The first kappa shape index (κ1) is 47.8. The maximum atomic E-state index is 5.47. The van der Waals surface area contributed by atoms with E-state index in [0.29, 0.717) is 35.8 Å². The molecule has 3 rings (SSSR count). The number of nitrogens with one attached hydrogen (secondary N) is 1. The molecule has 0 aromatic heterocycles. The monoisotopic (exact) mass is 720 g/mol. The van der Waals surface area contributed by atoms with Gasteiger partial charge in [0.1, 0.15) is 0 Å². The zero-order valence-corrected chi connectivity index (χ0v) is 38.6. The van der Waals surface area contributed by atoms with Crippen LogP contribution in [0, 0.1) is 0 Å². The molecule has 0 unspecified atom stereocenters. The van der Waals surface area contributed by atoms with Crippen LogP contribution in [0.1, 0.15) is 142 Å². The standard InChI is InChI=1S/C31H48N3.C6H18NSi2.C4H8O.Mg/c1-19(2)25-15-13-16-26(20(3)4)29(25)32-31(34(23(9)10)24(11)12)33-30-27(21(5)6)17-14-18-28(30)22(7)8;1-8(2,3)7-9(4,5)6;1-2-4-5-3-1;/h13-24H,1-12H3;1-6H3;1-4H2;/q2*-1;;+2/p+1. The van der Waals surface area contributed by atoms with Crippen LogP contribution in [0.5, 0.6) is 0 Å². The molecule has 1 aliphatic heterocycles. The summed E-state index contributed by atoms with van der Waals surface area (Å²) in [6.45, 7) is 43.0. The summed E-state index contributed by atoms with van der Waals surface area (Å²) >= 11 is 0. The Bertz CT molecular complexity index is 1180. The van der Waals surface area contributed by atoms with Gasteiger partial charge in [-0.25, -0.2) is 5.32 Å². The van der Waals surface area contributed by atoms with Crippen LogP contribution in [0.25, 0.3) is 9.96 Å². The second kappa shape index (κ2) is 22.0. The van der Waals surface area contributed by atoms with Gasteiger partial charge in [0.15, 0.2) is 0 Å². The molecule has 1 N–H and O–H groups in total. The van der Waals surface area contributed by atoms with Gasteiger partial charge in [0.2, 0.25) is 5.96 Å². The average molecular weight is 721 g/mol. The number of benzene rings is 2. The van der Waals surface area contributed by atoms with E-state index in [0.717, 1.165) is 24.9 Å². The fourth-order valence-corrected chi connectivity index (χ4v) is 14.4. The van der Waals surface area contributed by atoms with Crippen molar-refractivity contribution in [1.82, 2.24) is 4.90 Å². The summed E-state index contributed by atoms with van der Waals surface area (Å²) < 4.78 is 9.76. The molecule has 2 aromatic carbocycles. The van der Waals surface area contributed by atoms with Gasteiger partial charge in [0, 0.05) is 31.0 Å². The Morgan fingerprint density at radius 1 is 0.612 bits per heavy atom. The van der Waals surface area contributed by atoms with E-state index in [2.05, 4.69) is 169 Å². The zero-order valence-electron chi connectivity index (χ0n) is 35.2. The van der Waals surface area contributed by atoms with E-state index in [9.17, 15) is 0 Å². The van der Waals surface area contributed by atoms with Crippen molar-refractivity contribution < 1.29 is 9.73 Å². The van der Waals surface area contributed by atoms with Crippen molar-refractivity contribution >= 4 is 56.9 Å². The summed E-state index contributed by atoms with van der Waals surface area (Å²) in [6.07, 6.45) is 2.56. The van der Waals surface area contributed by atoms with Gasteiger partial charge >= 0.3 is 23.1 Å². The van der Waals surface area contributed by atoms with Crippen LogP contribution in [0.4, 0.5) is 11.4 Å². The zero-order chi connectivity index (χ0) is 37.0. The first-order valence-electron chi connectivity index (χ1n) is 18.8. The minimum atomic E-state index is -1.11. The summed E-state index contributed by atoms with van der Waals surface area (Å²) in [5, 5.41) is 5.47. The van der Waals surface area contributed by atoms with E-state index in [1.54, 1.807) is 0 Å². The van der Waals surface area contributed by atoms with E-state index >= 15 is 0 Å². The molecule has 0 amide bonds. The molecule has 0 bridgehead atoms. The number of hydrogen-bond donors (Lipinski definition) is 1. The van der Waals surface area contributed by atoms with Crippen molar-refractivity contribution in [3.63, 3.8) is 0 Å². The van der Waals surface area contributed by atoms with E-state index < -0.39 is 16.5 Å². The molecule has 0 radical (unpaired) electrons. The third-order valence-corrected chi connectivity index (χ3v) is 13.4. The average Bonchev–Trinajstić information content (AvgIpc) is 3.51. The Balaban J connectivity index is 0.00000127. The molecular weight excluding hydrogens is 645 g/mol. The van der Waals surface area contributed by atoms with Crippen LogP contribution < -0.4 is 4.99 Å². The second-order valence-corrected chi connectivity index (χ2v) is 26.7. The number of nitrogens with zero attached hydrogens (tertiary/aromatic N) is 3. The number of para-hydroxylation sites is 2. The Labute approximate surface area is 322 Å². The smallest absolute Gasteiger partial charge is 0.668 e. The molecule has 2 aromatic rings. The Morgan fingerprint density at radius 3 is 1.20 bits per heavy atom. The molecule has 8 heteroatoms. The Hall–Kier alpha value is -1.17. The summed E-state index contributed by atoms with van der Waals surface area (Å²) in [5.74, 6) is 2.58. The topological polar surface area (TPSA) is 54.6 Å². The van der Waals surface area contributed by atoms with E-state index in [1.165, 1.54) is 40.8 Å². The van der Waals surface area contributed by atoms with E-state index in [4.69, 9.17) is 14.7 Å². The Kier molecular flexibility index (Phi) is 21.5. The predicted octanol–water partition coefficient (Wildman–Crippen LogP) is 11.5. The molecule has 1 fully saturated rings. The van der Waals surface area contributed by atoms with Crippen LogP contribution in [-0.4, -0.2) is 75.7 Å². The van der Waals surface area contributed by atoms with Crippen molar-refractivity contribution in [2.75, 3.05) is 13.2 Å². The van der Waals surface area contributed by atoms with Gasteiger partial charge in [-0.05, 0) is 86.5 Å². The summed E-state index contributed by atoms with van der Waals surface area (Å²) in [4.78, 5) is 6.32. The van der Waals surface area contributed by atoms with Gasteiger partial charge in [0.25, 0.3) is 0 Å². The molecule has 0 atom stereocenters. The van der Waals surface area contributed by atoms with Crippen molar-refractivity contribution in [3.05, 3.63) is 68.6 Å². The van der Waals surface area contributed by atoms with Crippen molar-refractivity contribution in [1.29, 1.82) is 0 Å². The van der Waals surface area contributed by atoms with Crippen LogP contribution in [-0.2, 0) is 4.74 Å². The molecule has 274 valence electrons. The van der Waals surface area contributed by atoms with Gasteiger partial charge in [-0.15, -0.1) is 0 Å². The molecule has 1 heterocycles. The third kappa shape index (κ3) is 17.3. The molecule has 0 aliphatic carbocycles. The van der Waals surface area contributed by atoms with Crippen LogP contribution in [0.2, 0.25) is 39.3 Å². The fraction of sp³-hybridized carbons (Fsp3) is 0.683. The normalized spacial score (nSPS) is 13.8. The first-order valence-corrected chi connectivity index (χ1v) is 25.7. The maximum Gasteiger partial charge on any atom is 2.00 e. The summed E-state index contributed by atoms with van der Waals surface area (Å²) in [7, 11) is -2.21. The van der Waals surface area contributed by atoms with Gasteiger partial charge < -0.3 is 19.3 Å². The van der Waals surface area contributed by atoms with Gasteiger partial charge in [-0.1, -0.05) is 148 Å². The van der Waals surface area contributed by atoms with E-state index in [1.807, 2.05) is 0 Å². The number of guanidine groups is 1. The molecule has 0 saturated carbocycles. The van der Waals surface area contributed by atoms with Crippen LogP contribution >= 0.6 is 0 Å². The SMILES string of the molecule is C1CCOC1.CC(C)c1cccc(C(C)C)c1[N-]C(=[NH+]c1c(C(C)C)cccc1C(C)C)N(C(C)C)C(C)C.C[Si](C)(C)[N-][Si](C)(C)C.[Mg+2]. The van der Waals surface area contributed by atoms with E-state index in [-0.39, 0.29) is 23.1 Å². The predicted molar refractivity (Wildman–Crippen MR) is 226 cm³/mol. The van der Waals surface area contributed by atoms with Crippen LogP contribution in [0.3, 0.4) is 0 Å². The molecule has 0 spiro atoms. The molecule has 1 aliphatic rings. The first-order chi connectivity index (χ1) is 22.1. The van der Waals surface area contributed by atoms with Gasteiger partial charge in [-0.2, -0.15) is 0 Å². The third-order valence-electron chi connectivity index (χ3n) is 8.03. The summed E-state index contributed by atoms with van der Waals surface area (Å²) in [5.41, 5.74) is 7.62.